The Morgan fingerprint density at radius 3 is 2.58 bits per heavy atom. The molecule has 0 aliphatic carbocycles. The number of phenolic OH excluding ortho intramolecular Hbond substituents is 1. The zero-order chi connectivity index (χ0) is 17.1. The smallest absolute Gasteiger partial charge is 0.324 e. The van der Waals surface area contributed by atoms with Crippen molar-refractivity contribution in [1.82, 2.24) is 9.97 Å². The van der Waals surface area contributed by atoms with E-state index in [1.54, 1.807) is 12.1 Å². The Balaban J connectivity index is 1.73. The standard InChI is InChI=1S/C15H10N4O4S/c20-11-3-1-2-9(6-11)14-16-7-10(8-17-14)18-15(21)12-4-5-13(24-12)19(22)23/h1-8,20H,(H,18,21). The maximum Gasteiger partial charge on any atom is 0.324 e. The van der Waals surface area contributed by atoms with Crippen molar-refractivity contribution < 1.29 is 14.8 Å². The molecular weight excluding hydrogens is 332 g/mol. The van der Waals surface area contributed by atoms with Crippen molar-refractivity contribution >= 4 is 27.9 Å². The van der Waals surface area contributed by atoms with Crippen LogP contribution in [0.5, 0.6) is 5.75 Å². The quantitative estimate of drug-likeness (QED) is 0.555. The van der Waals surface area contributed by atoms with Gasteiger partial charge in [0.25, 0.3) is 5.91 Å². The number of nitrogens with zero attached hydrogens (tertiary/aromatic N) is 3. The second kappa shape index (κ2) is 6.42. The Hall–Kier alpha value is -3.33. The SMILES string of the molecule is O=C(Nc1cnc(-c2cccc(O)c2)nc1)c1ccc([N+](=O)[O-])s1. The van der Waals surface area contributed by atoms with Gasteiger partial charge in [-0.1, -0.05) is 23.5 Å². The number of anilines is 1. The van der Waals surface area contributed by atoms with Gasteiger partial charge in [0.1, 0.15) is 5.75 Å². The normalized spacial score (nSPS) is 10.3. The zero-order valence-electron chi connectivity index (χ0n) is 12.0. The van der Waals surface area contributed by atoms with E-state index in [2.05, 4.69) is 15.3 Å². The summed E-state index contributed by atoms with van der Waals surface area (Å²) in [5, 5.41) is 22.6. The van der Waals surface area contributed by atoms with Gasteiger partial charge < -0.3 is 10.4 Å². The van der Waals surface area contributed by atoms with Crippen molar-refractivity contribution in [3.8, 4) is 17.1 Å². The maximum absolute atomic E-state index is 12.0. The van der Waals surface area contributed by atoms with Crippen LogP contribution >= 0.6 is 11.3 Å². The molecule has 24 heavy (non-hydrogen) atoms. The molecular formula is C15H10N4O4S. The minimum Gasteiger partial charge on any atom is -0.508 e. The second-order valence-electron chi connectivity index (χ2n) is 4.69. The highest BCUT2D eigenvalue weighted by Crippen LogP contribution is 2.25. The lowest BCUT2D eigenvalue weighted by Crippen LogP contribution is -2.10. The van der Waals surface area contributed by atoms with E-state index in [1.807, 2.05) is 0 Å². The fourth-order valence-electron chi connectivity index (χ4n) is 1.93. The number of thiophene rings is 1. The molecule has 0 aliphatic heterocycles. The van der Waals surface area contributed by atoms with E-state index in [9.17, 15) is 20.0 Å². The summed E-state index contributed by atoms with van der Waals surface area (Å²) < 4.78 is 0. The van der Waals surface area contributed by atoms with Gasteiger partial charge in [-0.3, -0.25) is 14.9 Å². The van der Waals surface area contributed by atoms with Gasteiger partial charge in [-0.15, -0.1) is 0 Å². The molecule has 1 aromatic carbocycles. The summed E-state index contributed by atoms with van der Waals surface area (Å²) in [5.41, 5.74) is 1.00. The average Bonchev–Trinajstić information content (AvgIpc) is 3.06. The molecule has 3 aromatic rings. The molecule has 0 unspecified atom stereocenters. The molecule has 3 rings (SSSR count). The van der Waals surface area contributed by atoms with Crippen LogP contribution in [0, 0.1) is 10.1 Å². The van der Waals surface area contributed by atoms with E-state index >= 15 is 0 Å². The molecule has 8 nitrogen and oxygen atoms in total. The van der Waals surface area contributed by atoms with Crippen LogP contribution < -0.4 is 5.32 Å². The largest absolute Gasteiger partial charge is 0.508 e. The van der Waals surface area contributed by atoms with Gasteiger partial charge in [-0.25, -0.2) is 9.97 Å². The van der Waals surface area contributed by atoms with E-state index in [4.69, 9.17) is 0 Å². The summed E-state index contributed by atoms with van der Waals surface area (Å²) in [6, 6.07) is 9.16. The van der Waals surface area contributed by atoms with Crippen LogP contribution in [0.2, 0.25) is 0 Å². The highest BCUT2D eigenvalue weighted by Gasteiger charge is 2.15. The van der Waals surface area contributed by atoms with Gasteiger partial charge in [0.15, 0.2) is 5.82 Å². The summed E-state index contributed by atoms with van der Waals surface area (Å²) in [5.74, 6) is 0.0326. The van der Waals surface area contributed by atoms with Crippen molar-refractivity contribution in [2.75, 3.05) is 5.32 Å². The van der Waals surface area contributed by atoms with E-state index in [-0.39, 0.29) is 15.6 Å². The molecule has 0 fully saturated rings. The van der Waals surface area contributed by atoms with Crippen LogP contribution in [-0.4, -0.2) is 25.9 Å². The molecule has 0 spiro atoms. The lowest BCUT2D eigenvalue weighted by atomic mass is 10.2. The minimum absolute atomic E-state index is 0.101. The lowest BCUT2D eigenvalue weighted by molar-refractivity contribution is -0.380. The highest BCUT2D eigenvalue weighted by atomic mass is 32.1. The summed E-state index contributed by atoms with van der Waals surface area (Å²) in [4.78, 5) is 30.6. The van der Waals surface area contributed by atoms with Gasteiger partial charge in [0.05, 0.1) is 27.9 Å². The first kappa shape index (κ1) is 15.6. The third-order valence-corrected chi connectivity index (χ3v) is 4.05. The summed E-state index contributed by atoms with van der Waals surface area (Å²) in [6.07, 6.45) is 2.85. The summed E-state index contributed by atoms with van der Waals surface area (Å²) in [7, 11) is 0. The number of benzene rings is 1. The van der Waals surface area contributed by atoms with Gasteiger partial charge >= 0.3 is 5.00 Å². The molecule has 120 valence electrons. The van der Waals surface area contributed by atoms with Gasteiger partial charge in [0, 0.05) is 11.6 Å². The molecule has 2 N–H and O–H groups in total. The number of carbonyl (C=O) groups is 1. The van der Waals surface area contributed by atoms with Gasteiger partial charge in [0.2, 0.25) is 0 Å². The van der Waals surface area contributed by atoms with Crippen LogP contribution in [-0.2, 0) is 0 Å². The Labute approximate surface area is 139 Å². The van der Waals surface area contributed by atoms with Gasteiger partial charge in [-0.05, 0) is 18.2 Å². The van der Waals surface area contributed by atoms with Crippen LogP contribution in [0.4, 0.5) is 10.7 Å². The molecule has 0 radical (unpaired) electrons. The van der Waals surface area contributed by atoms with Crippen LogP contribution in [0.15, 0.2) is 48.8 Å². The topological polar surface area (TPSA) is 118 Å². The number of nitrogens with one attached hydrogen (secondary N) is 1. The minimum atomic E-state index is -0.547. The second-order valence-corrected chi connectivity index (χ2v) is 5.76. The number of aromatic nitrogens is 2. The fraction of sp³-hybridized carbons (Fsp3) is 0. The molecule has 9 heteroatoms. The van der Waals surface area contributed by atoms with Crippen molar-refractivity contribution in [3.63, 3.8) is 0 Å². The summed E-state index contributed by atoms with van der Waals surface area (Å²) >= 11 is 0.790. The van der Waals surface area contributed by atoms with Crippen molar-refractivity contribution in [1.29, 1.82) is 0 Å². The number of hydrogen-bond donors (Lipinski definition) is 2. The number of phenols is 1. The van der Waals surface area contributed by atoms with E-state index in [0.29, 0.717) is 17.1 Å². The molecule has 0 bridgehead atoms. The predicted octanol–water partition coefficient (Wildman–Crippen LogP) is 3.07. The average molecular weight is 342 g/mol. The number of amides is 1. The van der Waals surface area contributed by atoms with E-state index in [1.165, 1.54) is 36.7 Å². The number of aromatic hydroxyl groups is 1. The predicted molar refractivity (Wildman–Crippen MR) is 88.1 cm³/mol. The van der Waals surface area contributed by atoms with E-state index < -0.39 is 10.8 Å². The van der Waals surface area contributed by atoms with Crippen molar-refractivity contribution in [3.05, 3.63) is 63.8 Å². The van der Waals surface area contributed by atoms with Crippen LogP contribution in [0.1, 0.15) is 9.67 Å². The first-order valence-corrected chi connectivity index (χ1v) is 7.51. The third kappa shape index (κ3) is 3.36. The van der Waals surface area contributed by atoms with Crippen molar-refractivity contribution in [2.24, 2.45) is 0 Å². The number of nitro groups is 1. The molecule has 0 saturated carbocycles. The molecule has 2 heterocycles. The van der Waals surface area contributed by atoms with Crippen LogP contribution in [0.25, 0.3) is 11.4 Å². The maximum atomic E-state index is 12.0. The first-order valence-electron chi connectivity index (χ1n) is 6.70. The Bertz CT molecular complexity index is 908. The molecule has 0 aliphatic rings. The number of hydrogen-bond acceptors (Lipinski definition) is 7. The highest BCUT2D eigenvalue weighted by molar-refractivity contribution is 7.17. The van der Waals surface area contributed by atoms with E-state index in [0.717, 1.165) is 11.3 Å². The van der Waals surface area contributed by atoms with Gasteiger partial charge in [-0.2, -0.15) is 0 Å². The number of carbonyl (C=O) groups excluding carboxylic acids is 1. The molecule has 1 amide bonds. The lowest BCUT2D eigenvalue weighted by Gasteiger charge is -2.04. The molecule has 0 atom stereocenters. The first-order chi connectivity index (χ1) is 11.5. The summed E-state index contributed by atoms with van der Waals surface area (Å²) in [6.45, 7) is 0. The fourth-order valence-corrected chi connectivity index (χ4v) is 2.64. The molecule has 2 aromatic heterocycles. The monoisotopic (exact) mass is 342 g/mol. The Morgan fingerprint density at radius 1 is 1.21 bits per heavy atom. The van der Waals surface area contributed by atoms with Crippen LogP contribution in [0.3, 0.4) is 0 Å². The zero-order valence-corrected chi connectivity index (χ0v) is 12.9. The third-order valence-electron chi connectivity index (χ3n) is 3.01. The Kier molecular flexibility index (Phi) is 4.17. The Morgan fingerprint density at radius 2 is 1.96 bits per heavy atom. The van der Waals surface area contributed by atoms with Crippen molar-refractivity contribution in [2.45, 2.75) is 0 Å². The number of rotatable bonds is 4. The molecule has 0 saturated heterocycles.